The zero-order valence-electron chi connectivity index (χ0n) is 18.2. The fraction of sp³-hybridized carbons (Fsp3) is 0.385. The van der Waals surface area contributed by atoms with Crippen molar-refractivity contribution in [3.8, 4) is 0 Å². The molecule has 29 heavy (non-hydrogen) atoms. The van der Waals surface area contributed by atoms with Crippen LogP contribution in [0.25, 0.3) is 0 Å². The summed E-state index contributed by atoms with van der Waals surface area (Å²) in [5, 5.41) is 2.58. The molecule has 0 spiro atoms. The smallest absolute Gasteiger partial charge is 0.261 e. The lowest BCUT2D eigenvalue weighted by Gasteiger charge is -2.47. The van der Waals surface area contributed by atoms with Gasteiger partial charge >= 0.3 is 0 Å². The molecule has 3 heteroatoms. The van der Waals surface area contributed by atoms with E-state index in [9.17, 15) is 0 Å². The minimum Gasteiger partial charge on any atom is -0.492 e. The summed E-state index contributed by atoms with van der Waals surface area (Å²) in [4.78, 5) is 0. The molecule has 1 fully saturated rings. The maximum atomic E-state index is 7.30. The summed E-state index contributed by atoms with van der Waals surface area (Å²) in [5.41, 5.74) is 0. The molecule has 0 aromatic heterocycles. The lowest BCUT2D eigenvalue weighted by Crippen LogP contribution is -2.68. The Balaban J connectivity index is 2.10. The Labute approximate surface area is 177 Å². The monoisotopic (exact) mass is 406 g/mol. The highest BCUT2D eigenvalue weighted by atomic mass is 28.4. The van der Waals surface area contributed by atoms with E-state index in [1.807, 2.05) is 0 Å². The van der Waals surface area contributed by atoms with Crippen LogP contribution in [0.15, 0.2) is 85.2 Å². The van der Waals surface area contributed by atoms with Gasteiger partial charge < -0.3 is 9.16 Å². The van der Waals surface area contributed by atoms with Gasteiger partial charge in [0.15, 0.2) is 0 Å². The number of benzene rings is 2. The van der Waals surface area contributed by atoms with E-state index in [0.29, 0.717) is 0 Å². The van der Waals surface area contributed by atoms with Crippen LogP contribution >= 0.6 is 0 Å². The van der Waals surface area contributed by atoms with Crippen molar-refractivity contribution >= 4 is 18.7 Å². The van der Waals surface area contributed by atoms with Crippen molar-refractivity contribution in [2.45, 2.75) is 64.2 Å². The average molecular weight is 407 g/mol. The molecule has 154 valence electrons. The third kappa shape index (κ3) is 4.57. The van der Waals surface area contributed by atoms with Crippen molar-refractivity contribution in [2.75, 3.05) is 0 Å². The van der Waals surface area contributed by atoms with E-state index in [2.05, 4.69) is 107 Å². The number of rotatable bonds is 8. The van der Waals surface area contributed by atoms with Crippen LogP contribution in [0, 0.1) is 0 Å². The van der Waals surface area contributed by atoms with E-state index in [1.54, 1.807) is 0 Å². The number of ether oxygens (including phenoxy) is 1. The Kier molecular flexibility index (Phi) is 6.81. The second-order valence-electron chi connectivity index (χ2n) is 8.83. The summed E-state index contributed by atoms with van der Waals surface area (Å²) in [6.45, 7) is 13.1. The minimum atomic E-state index is -2.58. The highest BCUT2D eigenvalue weighted by molar-refractivity contribution is 6.99. The highest BCUT2D eigenvalue weighted by Gasteiger charge is 2.52. The van der Waals surface area contributed by atoms with Crippen LogP contribution in [-0.2, 0) is 9.16 Å². The zero-order valence-corrected chi connectivity index (χ0v) is 19.2. The third-order valence-electron chi connectivity index (χ3n) is 5.68. The van der Waals surface area contributed by atoms with Crippen LogP contribution < -0.4 is 10.4 Å². The van der Waals surface area contributed by atoms with Gasteiger partial charge in [-0.05, 0) is 28.3 Å². The van der Waals surface area contributed by atoms with E-state index < -0.39 is 8.32 Å². The van der Waals surface area contributed by atoms with Gasteiger partial charge in [-0.2, -0.15) is 0 Å². The van der Waals surface area contributed by atoms with E-state index in [0.717, 1.165) is 25.0 Å². The third-order valence-corrected chi connectivity index (χ3v) is 10.7. The van der Waals surface area contributed by atoms with Crippen LogP contribution in [0.3, 0.4) is 0 Å². The van der Waals surface area contributed by atoms with Crippen LogP contribution in [0.1, 0.15) is 47.0 Å². The summed E-state index contributed by atoms with van der Waals surface area (Å²) in [6, 6.07) is 21.6. The molecule has 0 aliphatic carbocycles. The lowest BCUT2D eigenvalue weighted by atomic mass is 10.0. The highest BCUT2D eigenvalue weighted by Crippen LogP contribution is 2.40. The predicted molar refractivity (Wildman–Crippen MR) is 125 cm³/mol. The topological polar surface area (TPSA) is 18.5 Å². The molecule has 3 rings (SSSR count). The summed E-state index contributed by atoms with van der Waals surface area (Å²) >= 11 is 0. The van der Waals surface area contributed by atoms with Gasteiger partial charge in [0.1, 0.15) is 6.10 Å². The van der Waals surface area contributed by atoms with Crippen molar-refractivity contribution in [2.24, 2.45) is 0 Å². The Bertz CT molecular complexity index is 773. The first-order valence-electron chi connectivity index (χ1n) is 10.7. The maximum absolute atomic E-state index is 7.30. The molecule has 2 nitrogen and oxygen atoms in total. The molecule has 1 saturated heterocycles. The Morgan fingerprint density at radius 2 is 1.55 bits per heavy atom. The second kappa shape index (κ2) is 9.14. The summed E-state index contributed by atoms with van der Waals surface area (Å²) in [6.07, 6.45) is 7.31. The Hall–Kier alpha value is -2.10. The Morgan fingerprint density at radius 3 is 1.97 bits per heavy atom. The van der Waals surface area contributed by atoms with Crippen molar-refractivity contribution in [3.63, 3.8) is 0 Å². The fourth-order valence-electron chi connectivity index (χ4n) is 4.23. The van der Waals surface area contributed by atoms with Gasteiger partial charge in [0, 0.05) is 6.42 Å². The van der Waals surface area contributed by atoms with Gasteiger partial charge in [0.25, 0.3) is 8.32 Å². The molecule has 1 heterocycles. The molecule has 0 saturated carbocycles. The van der Waals surface area contributed by atoms with Crippen LogP contribution in [-0.4, -0.2) is 20.5 Å². The molecule has 0 radical (unpaired) electrons. The number of allylic oxidation sites excluding steroid dienone is 1. The molecule has 0 amide bonds. The van der Waals surface area contributed by atoms with E-state index in [-0.39, 0.29) is 17.2 Å². The van der Waals surface area contributed by atoms with Crippen molar-refractivity contribution < 1.29 is 9.16 Å². The first-order valence-corrected chi connectivity index (χ1v) is 12.6. The van der Waals surface area contributed by atoms with Crippen molar-refractivity contribution in [1.29, 1.82) is 0 Å². The van der Waals surface area contributed by atoms with Crippen LogP contribution in [0.2, 0.25) is 5.04 Å². The van der Waals surface area contributed by atoms with Gasteiger partial charge in [-0.3, -0.25) is 0 Å². The van der Waals surface area contributed by atoms with Crippen molar-refractivity contribution in [1.82, 2.24) is 0 Å². The summed E-state index contributed by atoms with van der Waals surface area (Å²) in [5.74, 6) is 0.866. The molecule has 1 aliphatic rings. The molecular weight excluding hydrogens is 372 g/mol. The second-order valence-corrected chi connectivity index (χ2v) is 13.1. The van der Waals surface area contributed by atoms with E-state index in [4.69, 9.17) is 9.16 Å². The van der Waals surface area contributed by atoms with Gasteiger partial charge in [0.05, 0.1) is 11.9 Å². The van der Waals surface area contributed by atoms with Crippen molar-refractivity contribution in [3.05, 3.63) is 85.2 Å². The normalized spacial score (nSPS) is 18.3. The SMILES string of the molecule is C=C1C[C@H]([C@@H](C/C=C/CC)O[Si](c2ccccc2)(c2ccccc2)C(C)(C)C)O1. The first kappa shape index (κ1) is 21.6. The van der Waals surface area contributed by atoms with Gasteiger partial charge in [-0.15, -0.1) is 0 Å². The first-order chi connectivity index (χ1) is 13.9. The molecule has 1 aliphatic heterocycles. The van der Waals surface area contributed by atoms with E-state index >= 15 is 0 Å². The molecule has 0 N–H and O–H groups in total. The Morgan fingerprint density at radius 1 is 1.03 bits per heavy atom. The molecule has 2 aromatic carbocycles. The van der Waals surface area contributed by atoms with Crippen LogP contribution in [0.5, 0.6) is 0 Å². The summed E-state index contributed by atoms with van der Waals surface area (Å²) in [7, 11) is -2.58. The minimum absolute atomic E-state index is 0.00889. The average Bonchev–Trinajstić information content (AvgIpc) is 2.69. The molecular formula is C26H34O2Si. The quantitative estimate of drug-likeness (QED) is 0.420. The molecule has 2 atom stereocenters. The van der Waals surface area contributed by atoms with Gasteiger partial charge in [0.2, 0.25) is 0 Å². The summed E-state index contributed by atoms with van der Waals surface area (Å²) < 4.78 is 13.2. The fourth-order valence-corrected chi connectivity index (χ4v) is 8.94. The molecule has 0 bridgehead atoms. The number of hydrogen-bond donors (Lipinski definition) is 0. The lowest BCUT2D eigenvalue weighted by molar-refractivity contribution is -0.0576. The number of hydrogen-bond acceptors (Lipinski definition) is 2. The molecule has 2 aromatic rings. The van der Waals surface area contributed by atoms with Gasteiger partial charge in [-0.1, -0.05) is 107 Å². The molecule has 0 unspecified atom stereocenters. The zero-order chi connectivity index (χ0) is 20.9. The standard InChI is InChI=1S/C26H34O2Si/c1-6-7-10-19-24(25-20-21(2)27-25)28-29(26(3,4)5,22-15-11-8-12-16-22)23-17-13-9-14-18-23/h7-18,24-25H,2,6,19-20H2,1,3-5H3/b10-7+/t24-,25-/m1/s1. The predicted octanol–water partition coefficient (Wildman–Crippen LogP) is 5.59. The largest absolute Gasteiger partial charge is 0.492 e. The maximum Gasteiger partial charge on any atom is 0.261 e. The van der Waals surface area contributed by atoms with Crippen LogP contribution in [0.4, 0.5) is 0 Å². The van der Waals surface area contributed by atoms with E-state index in [1.165, 1.54) is 10.4 Å². The van der Waals surface area contributed by atoms with Gasteiger partial charge in [-0.25, -0.2) is 0 Å².